The van der Waals surface area contributed by atoms with Gasteiger partial charge in [-0.15, -0.1) is 0 Å². The van der Waals surface area contributed by atoms with Crippen LogP contribution in [0.1, 0.15) is 29.4 Å². The molecule has 4 nitrogen and oxygen atoms in total. The highest BCUT2D eigenvalue weighted by molar-refractivity contribution is 9.10. The summed E-state index contributed by atoms with van der Waals surface area (Å²) in [5.41, 5.74) is 4.72. The summed E-state index contributed by atoms with van der Waals surface area (Å²) in [4.78, 5) is 14.9. The molecule has 1 aromatic heterocycles. The van der Waals surface area contributed by atoms with E-state index in [-0.39, 0.29) is 22.5 Å². The molecule has 2 N–H and O–H groups in total. The highest BCUT2D eigenvalue weighted by atomic mass is 79.9. The number of pyridine rings is 1. The second kappa shape index (κ2) is 5.20. The fraction of sp³-hybridized carbons (Fsp3) is 0.333. The first kappa shape index (κ1) is 12.8. The second-order valence-electron chi connectivity index (χ2n) is 2.81. The Hall–Kier alpha value is -1.24. The van der Waals surface area contributed by atoms with Crippen LogP contribution in [0.3, 0.4) is 0 Å². The van der Waals surface area contributed by atoms with Gasteiger partial charge in [-0.2, -0.15) is 0 Å². The minimum absolute atomic E-state index is 0.0313. The molecule has 0 aliphatic heterocycles. The normalized spacial score (nSPS) is 10.6. The summed E-state index contributed by atoms with van der Waals surface area (Å²) in [5.74, 6) is -0.707. The molecule has 7 heteroatoms. The Bertz CT molecular complexity index is 413. The third-order valence-corrected chi connectivity index (χ3v) is 2.59. The average molecular weight is 295 g/mol. The highest BCUT2D eigenvalue weighted by Gasteiger charge is 2.21. The van der Waals surface area contributed by atoms with Gasteiger partial charge in [0.2, 0.25) is 0 Å². The lowest BCUT2D eigenvalue weighted by Crippen LogP contribution is -2.10. The number of esters is 1. The molecular formula is C9H9BrF2N2O2. The van der Waals surface area contributed by atoms with Crippen LogP contribution in [-0.4, -0.2) is 17.6 Å². The number of rotatable bonds is 3. The molecule has 0 fully saturated rings. The molecule has 1 aromatic rings. The van der Waals surface area contributed by atoms with Crippen LogP contribution in [0.4, 0.5) is 14.5 Å². The van der Waals surface area contributed by atoms with Crippen LogP contribution in [0, 0.1) is 0 Å². The van der Waals surface area contributed by atoms with Crippen molar-refractivity contribution < 1.29 is 18.3 Å². The Morgan fingerprint density at radius 2 is 2.31 bits per heavy atom. The number of hydrogen-bond acceptors (Lipinski definition) is 4. The molecule has 88 valence electrons. The van der Waals surface area contributed by atoms with Gasteiger partial charge in [-0.3, -0.25) is 0 Å². The first-order valence-electron chi connectivity index (χ1n) is 4.38. The summed E-state index contributed by atoms with van der Waals surface area (Å²) in [5, 5.41) is 0. The van der Waals surface area contributed by atoms with Crippen LogP contribution in [0.2, 0.25) is 0 Å². The van der Waals surface area contributed by atoms with E-state index in [1.807, 2.05) is 0 Å². The second-order valence-corrected chi connectivity index (χ2v) is 3.60. The number of alkyl halides is 2. The molecule has 0 unspecified atom stereocenters. The summed E-state index contributed by atoms with van der Waals surface area (Å²) in [7, 11) is 0. The minimum Gasteiger partial charge on any atom is -0.461 e. The van der Waals surface area contributed by atoms with E-state index in [0.29, 0.717) is 0 Å². The monoisotopic (exact) mass is 294 g/mol. The van der Waals surface area contributed by atoms with Gasteiger partial charge in [0.15, 0.2) is 5.69 Å². The Kier molecular flexibility index (Phi) is 4.17. The standard InChI is InChI=1S/C9H9BrF2N2O2/c1-2-16-9(15)7-5(10)6(13)4(3-14-7)8(11)12/h3,8H,2H2,1H3,(H2,13,14). The van der Waals surface area contributed by atoms with Gasteiger partial charge < -0.3 is 10.5 Å². The van der Waals surface area contributed by atoms with Crippen molar-refractivity contribution in [3.05, 3.63) is 21.9 Å². The van der Waals surface area contributed by atoms with Gasteiger partial charge in [0, 0.05) is 6.20 Å². The fourth-order valence-corrected chi connectivity index (χ4v) is 1.52. The molecule has 0 spiro atoms. The molecule has 0 saturated heterocycles. The van der Waals surface area contributed by atoms with Crippen molar-refractivity contribution in [1.82, 2.24) is 4.98 Å². The van der Waals surface area contributed by atoms with E-state index in [9.17, 15) is 13.6 Å². The lowest BCUT2D eigenvalue weighted by atomic mass is 10.2. The molecule has 1 heterocycles. The van der Waals surface area contributed by atoms with E-state index in [1.54, 1.807) is 6.92 Å². The molecular weight excluding hydrogens is 286 g/mol. The predicted molar refractivity (Wildman–Crippen MR) is 57.3 cm³/mol. The quantitative estimate of drug-likeness (QED) is 0.870. The van der Waals surface area contributed by atoms with Crippen LogP contribution in [0.5, 0.6) is 0 Å². The molecule has 16 heavy (non-hydrogen) atoms. The van der Waals surface area contributed by atoms with Crippen LogP contribution in [-0.2, 0) is 4.74 Å². The topological polar surface area (TPSA) is 65.2 Å². The lowest BCUT2D eigenvalue weighted by Gasteiger charge is -2.09. The maximum Gasteiger partial charge on any atom is 0.358 e. The molecule has 0 amide bonds. The molecule has 0 bridgehead atoms. The Morgan fingerprint density at radius 1 is 1.69 bits per heavy atom. The third-order valence-electron chi connectivity index (χ3n) is 1.79. The zero-order valence-corrected chi connectivity index (χ0v) is 9.92. The molecule has 0 aliphatic carbocycles. The first-order chi connectivity index (χ1) is 7.49. The first-order valence-corrected chi connectivity index (χ1v) is 5.17. The van der Waals surface area contributed by atoms with E-state index in [1.165, 1.54) is 0 Å². The SMILES string of the molecule is CCOC(=O)c1ncc(C(F)F)c(N)c1Br. The molecule has 0 atom stereocenters. The number of nitrogen functional groups attached to an aromatic ring is 1. The summed E-state index contributed by atoms with van der Waals surface area (Å²) in [6.45, 7) is 1.80. The number of nitrogens with two attached hydrogens (primary N) is 1. The fourth-order valence-electron chi connectivity index (χ4n) is 1.03. The number of carbonyl (C=O) groups excluding carboxylic acids is 1. The highest BCUT2D eigenvalue weighted by Crippen LogP contribution is 2.32. The summed E-state index contributed by atoms with van der Waals surface area (Å²) in [6.07, 6.45) is -1.86. The van der Waals surface area contributed by atoms with Crippen molar-refractivity contribution in [2.45, 2.75) is 13.3 Å². The minimum atomic E-state index is -2.74. The van der Waals surface area contributed by atoms with Crippen molar-refractivity contribution in [2.75, 3.05) is 12.3 Å². The molecule has 0 radical (unpaired) electrons. The van der Waals surface area contributed by atoms with Gasteiger partial charge in [0.25, 0.3) is 6.43 Å². The van der Waals surface area contributed by atoms with E-state index in [0.717, 1.165) is 6.20 Å². The largest absolute Gasteiger partial charge is 0.461 e. The Balaban J connectivity index is 3.16. The average Bonchev–Trinajstić information content (AvgIpc) is 2.21. The van der Waals surface area contributed by atoms with Crippen LogP contribution in [0.25, 0.3) is 0 Å². The Morgan fingerprint density at radius 3 is 2.81 bits per heavy atom. The number of halogens is 3. The molecule has 1 rings (SSSR count). The van der Waals surface area contributed by atoms with Crippen molar-refractivity contribution in [3.63, 3.8) is 0 Å². The predicted octanol–water partition coefficient (Wildman–Crippen LogP) is 2.54. The third kappa shape index (κ3) is 2.46. The molecule has 0 aromatic carbocycles. The number of anilines is 1. The van der Waals surface area contributed by atoms with Gasteiger partial charge in [0.05, 0.1) is 22.3 Å². The van der Waals surface area contributed by atoms with Crippen molar-refractivity contribution in [2.24, 2.45) is 0 Å². The number of aromatic nitrogens is 1. The van der Waals surface area contributed by atoms with E-state index < -0.39 is 18.0 Å². The maximum atomic E-state index is 12.4. The number of ether oxygens (including phenoxy) is 1. The van der Waals surface area contributed by atoms with Crippen LogP contribution >= 0.6 is 15.9 Å². The van der Waals surface area contributed by atoms with Crippen LogP contribution in [0.15, 0.2) is 10.7 Å². The van der Waals surface area contributed by atoms with E-state index in [2.05, 4.69) is 25.7 Å². The number of carbonyl (C=O) groups is 1. The van der Waals surface area contributed by atoms with Crippen molar-refractivity contribution >= 4 is 27.6 Å². The van der Waals surface area contributed by atoms with Crippen LogP contribution < -0.4 is 5.73 Å². The summed E-state index contributed by atoms with van der Waals surface area (Å²) >= 11 is 2.95. The Labute approximate surface area is 98.9 Å². The molecule has 0 saturated carbocycles. The van der Waals surface area contributed by atoms with Crippen molar-refractivity contribution in [3.8, 4) is 0 Å². The van der Waals surface area contributed by atoms with E-state index >= 15 is 0 Å². The van der Waals surface area contributed by atoms with Crippen molar-refractivity contribution in [1.29, 1.82) is 0 Å². The lowest BCUT2D eigenvalue weighted by molar-refractivity contribution is 0.0518. The van der Waals surface area contributed by atoms with E-state index in [4.69, 9.17) is 5.73 Å². The smallest absolute Gasteiger partial charge is 0.358 e. The van der Waals surface area contributed by atoms with Gasteiger partial charge in [-0.25, -0.2) is 18.6 Å². The van der Waals surface area contributed by atoms with Gasteiger partial charge in [0.1, 0.15) is 0 Å². The molecule has 0 aliphatic rings. The number of hydrogen-bond donors (Lipinski definition) is 1. The van der Waals surface area contributed by atoms with Gasteiger partial charge in [-0.05, 0) is 22.9 Å². The summed E-state index contributed by atoms with van der Waals surface area (Å²) < 4.78 is 29.6. The zero-order valence-electron chi connectivity index (χ0n) is 8.34. The number of nitrogens with zero attached hydrogens (tertiary/aromatic N) is 1. The zero-order chi connectivity index (χ0) is 12.3. The summed E-state index contributed by atoms with van der Waals surface area (Å²) in [6, 6.07) is 0. The van der Waals surface area contributed by atoms with Gasteiger partial charge >= 0.3 is 5.97 Å². The van der Waals surface area contributed by atoms with Gasteiger partial charge in [-0.1, -0.05) is 0 Å². The maximum absolute atomic E-state index is 12.4.